The van der Waals surface area contributed by atoms with Crippen molar-refractivity contribution in [1.29, 1.82) is 0 Å². The fourth-order valence-corrected chi connectivity index (χ4v) is 3.60. The van der Waals surface area contributed by atoms with Gasteiger partial charge in [0.2, 0.25) is 0 Å². The third-order valence-electron chi connectivity index (χ3n) is 2.63. The number of hydrogen-bond acceptors (Lipinski definition) is 2. The average Bonchev–Trinajstić information content (AvgIpc) is 2.49. The van der Waals surface area contributed by atoms with E-state index in [-0.39, 0.29) is 5.97 Å². The smallest absolute Gasteiger partial charge is 0.330 e. The molecule has 0 radical (unpaired) electrons. The van der Waals surface area contributed by atoms with Gasteiger partial charge in [-0.3, -0.25) is 0 Å². The number of ether oxygens (including phenoxy) is 1. The molecule has 0 aromatic heterocycles. The van der Waals surface area contributed by atoms with Crippen molar-refractivity contribution in [3.63, 3.8) is 0 Å². The Labute approximate surface area is 114 Å². The number of methoxy groups -OCH3 is 1. The molecule has 0 aliphatic heterocycles. The zero-order chi connectivity index (χ0) is 13.5. The molecule has 0 unspecified atom stereocenters. The van der Waals surface area contributed by atoms with E-state index < -0.39 is 7.92 Å². The predicted octanol–water partition coefficient (Wildman–Crippen LogP) is 2.81. The van der Waals surface area contributed by atoms with Crippen molar-refractivity contribution in [2.24, 2.45) is 0 Å². The number of benzene rings is 2. The summed E-state index contributed by atoms with van der Waals surface area (Å²) in [7, 11) is 0.718. The van der Waals surface area contributed by atoms with Gasteiger partial charge in [0.15, 0.2) is 0 Å². The molecular weight excluding hydrogens is 255 g/mol. The fourth-order valence-electron chi connectivity index (χ4n) is 1.70. The maximum Gasteiger partial charge on any atom is 0.330 e. The maximum absolute atomic E-state index is 11.3. The van der Waals surface area contributed by atoms with Crippen molar-refractivity contribution in [3.05, 3.63) is 72.6 Å². The Morgan fingerprint density at radius 2 is 1.42 bits per heavy atom. The molecule has 0 N–H and O–H groups in total. The molecule has 2 nitrogen and oxygen atoms in total. The minimum absolute atomic E-state index is 0.320. The van der Waals surface area contributed by atoms with Crippen LogP contribution in [0.4, 0.5) is 0 Å². The molecule has 2 rings (SSSR count). The standard InChI is InChI=1S/C16H15O2P/c1-18-16(17)12-13-19(14-8-4-2-5-9-14)15-10-6-3-7-11-15/h2-13H,1H3/b13-12+. The third-order valence-corrected chi connectivity index (χ3v) is 4.79. The van der Waals surface area contributed by atoms with Crippen molar-refractivity contribution < 1.29 is 9.53 Å². The van der Waals surface area contributed by atoms with Gasteiger partial charge < -0.3 is 4.74 Å². The minimum Gasteiger partial charge on any atom is -0.466 e. The van der Waals surface area contributed by atoms with Crippen LogP contribution in [0.3, 0.4) is 0 Å². The summed E-state index contributed by atoms with van der Waals surface area (Å²) in [5, 5.41) is 2.42. The Balaban J connectivity index is 2.34. The van der Waals surface area contributed by atoms with Crippen LogP contribution < -0.4 is 10.6 Å². The minimum atomic E-state index is -0.670. The summed E-state index contributed by atoms with van der Waals surface area (Å²) in [5.74, 6) is 1.62. The van der Waals surface area contributed by atoms with E-state index in [1.807, 2.05) is 42.2 Å². The van der Waals surface area contributed by atoms with Gasteiger partial charge in [0.05, 0.1) is 7.11 Å². The first-order valence-electron chi connectivity index (χ1n) is 5.97. The number of carbonyl (C=O) groups is 1. The Morgan fingerprint density at radius 3 is 1.84 bits per heavy atom. The van der Waals surface area contributed by atoms with Gasteiger partial charge in [-0.15, -0.1) is 0 Å². The zero-order valence-corrected chi connectivity index (χ0v) is 11.6. The summed E-state index contributed by atoms with van der Waals surface area (Å²) >= 11 is 0. The maximum atomic E-state index is 11.3. The molecular formula is C16H15O2P. The summed E-state index contributed by atoms with van der Waals surface area (Å²) in [6, 6.07) is 20.4. The Bertz CT molecular complexity index is 510. The molecule has 0 saturated carbocycles. The van der Waals surface area contributed by atoms with E-state index in [0.717, 1.165) is 0 Å². The van der Waals surface area contributed by atoms with Gasteiger partial charge in [0.25, 0.3) is 0 Å². The zero-order valence-electron chi connectivity index (χ0n) is 10.7. The molecule has 0 aliphatic rings. The Kier molecular flexibility index (Phi) is 4.88. The Morgan fingerprint density at radius 1 is 0.947 bits per heavy atom. The first-order chi connectivity index (χ1) is 9.31. The summed E-state index contributed by atoms with van der Waals surface area (Å²) in [6.45, 7) is 0. The highest BCUT2D eigenvalue weighted by Crippen LogP contribution is 2.34. The number of carbonyl (C=O) groups excluding carboxylic acids is 1. The molecule has 2 aromatic carbocycles. The van der Waals surface area contributed by atoms with Crippen LogP contribution in [-0.2, 0) is 9.53 Å². The van der Waals surface area contributed by atoms with Crippen molar-refractivity contribution in [2.75, 3.05) is 7.11 Å². The van der Waals surface area contributed by atoms with Crippen LogP contribution in [0.1, 0.15) is 0 Å². The van der Waals surface area contributed by atoms with Gasteiger partial charge in [0, 0.05) is 6.08 Å². The predicted molar refractivity (Wildman–Crippen MR) is 80.2 cm³/mol. The van der Waals surface area contributed by atoms with Crippen molar-refractivity contribution >= 4 is 24.5 Å². The largest absolute Gasteiger partial charge is 0.466 e. The van der Waals surface area contributed by atoms with E-state index in [9.17, 15) is 4.79 Å². The summed E-state index contributed by atoms with van der Waals surface area (Å²) in [4.78, 5) is 11.3. The number of rotatable bonds is 4. The molecule has 0 amide bonds. The lowest BCUT2D eigenvalue weighted by Gasteiger charge is -2.14. The fraction of sp³-hybridized carbons (Fsp3) is 0.0625. The number of hydrogen-bond donors (Lipinski definition) is 0. The molecule has 0 fully saturated rings. The van der Waals surface area contributed by atoms with Crippen LogP contribution in [0, 0.1) is 0 Å². The highest BCUT2D eigenvalue weighted by Gasteiger charge is 2.10. The SMILES string of the molecule is COC(=O)/C=C/P(c1ccccc1)c1ccccc1. The van der Waals surface area contributed by atoms with E-state index in [4.69, 9.17) is 0 Å². The van der Waals surface area contributed by atoms with Crippen LogP contribution in [0.5, 0.6) is 0 Å². The lowest BCUT2D eigenvalue weighted by atomic mass is 10.4. The second-order valence-corrected chi connectivity index (χ2v) is 5.95. The highest BCUT2D eigenvalue weighted by molar-refractivity contribution is 7.75. The third kappa shape index (κ3) is 3.77. The second-order valence-electron chi connectivity index (χ2n) is 3.88. The van der Waals surface area contributed by atoms with Crippen LogP contribution in [0.2, 0.25) is 0 Å². The summed E-state index contributed by atoms with van der Waals surface area (Å²) in [5.41, 5.74) is 0. The molecule has 0 aliphatic carbocycles. The van der Waals surface area contributed by atoms with E-state index in [1.165, 1.54) is 23.8 Å². The lowest BCUT2D eigenvalue weighted by molar-refractivity contribution is -0.134. The monoisotopic (exact) mass is 270 g/mol. The molecule has 0 spiro atoms. The molecule has 96 valence electrons. The van der Waals surface area contributed by atoms with Gasteiger partial charge in [-0.1, -0.05) is 60.7 Å². The van der Waals surface area contributed by atoms with Gasteiger partial charge >= 0.3 is 5.97 Å². The van der Waals surface area contributed by atoms with Crippen LogP contribution >= 0.6 is 7.92 Å². The molecule has 19 heavy (non-hydrogen) atoms. The molecule has 0 saturated heterocycles. The van der Waals surface area contributed by atoms with E-state index in [0.29, 0.717) is 0 Å². The average molecular weight is 270 g/mol. The molecule has 0 heterocycles. The highest BCUT2D eigenvalue weighted by atomic mass is 31.1. The van der Waals surface area contributed by atoms with Crippen molar-refractivity contribution in [1.82, 2.24) is 0 Å². The molecule has 3 heteroatoms. The van der Waals surface area contributed by atoms with E-state index >= 15 is 0 Å². The summed E-state index contributed by atoms with van der Waals surface area (Å²) in [6.07, 6.45) is 1.51. The first kappa shape index (κ1) is 13.5. The summed E-state index contributed by atoms with van der Waals surface area (Å²) < 4.78 is 4.66. The molecule has 0 atom stereocenters. The Hall–Kier alpha value is -1.92. The van der Waals surface area contributed by atoms with Crippen LogP contribution in [-0.4, -0.2) is 13.1 Å². The van der Waals surface area contributed by atoms with Gasteiger partial charge in [-0.25, -0.2) is 4.79 Å². The topological polar surface area (TPSA) is 26.3 Å². The molecule has 0 bridgehead atoms. The first-order valence-corrected chi connectivity index (χ1v) is 7.38. The van der Waals surface area contributed by atoms with Crippen molar-refractivity contribution in [3.8, 4) is 0 Å². The molecule has 2 aromatic rings. The van der Waals surface area contributed by atoms with Gasteiger partial charge in [0.1, 0.15) is 0 Å². The van der Waals surface area contributed by atoms with Gasteiger partial charge in [-0.05, 0) is 24.3 Å². The van der Waals surface area contributed by atoms with E-state index in [1.54, 1.807) is 0 Å². The quantitative estimate of drug-likeness (QED) is 0.485. The van der Waals surface area contributed by atoms with Gasteiger partial charge in [-0.2, -0.15) is 0 Å². The van der Waals surface area contributed by atoms with E-state index in [2.05, 4.69) is 29.0 Å². The second kappa shape index (κ2) is 6.86. The van der Waals surface area contributed by atoms with Crippen LogP contribution in [0.25, 0.3) is 0 Å². The lowest BCUT2D eigenvalue weighted by Crippen LogP contribution is -2.09. The number of esters is 1. The normalized spacial score (nSPS) is 10.8. The van der Waals surface area contributed by atoms with Crippen molar-refractivity contribution in [2.45, 2.75) is 0 Å². The van der Waals surface area contributed by atoms with Crippen LogP contribution in [0.15, 0.2) is 72.6 Å².